The van der Waals surface area contributed by atoms with Crippen LogP contribution in [0.25, 0.3) is 0 Å². The van der Waals surface area contributed by atoms with E-state index in [0.717, 1.165) is 19.3 Å². The zero-order valence-corrected chi connectivity index (χ0v) is 11.6. The number of ketones is 1. The average molecular weight is 266 g/mol. The number of fused-ring (bicyclic) bond motifs is 1. The molecule has 0 radical (unpaired) electrons. The molecule has 0 N–H and O–H groups in total. The van der Waals surface area contributed by atoms with Gasteiger partial charge in [-0.1, -0.05) is 36.4 Å². The minimum atomic E-state index is 0.0706. The van der Waals surface area contributed by atoms with E-state index in [2.05, 4.69) is 24.3 Å². The van der Waals surface area contributed by atoms with Gasteiger partial charge in [-0.15, -0.1) is 0 Å². The molecule has 1 aliphatic rings. The van der Waals surface area contributed by atoms with E-state index in [1.165, 1.54) is 11.1 Å². The maximum absolute atomic E-state index is 12.7. The van der Waals surface area contributed by atoms with Crippen molar-refractivity contribution in [3.05, 3.63) is 65.2 Å². The first kappa shape index (κ1) is 12.9. The topological polar surface area (TPSA) is 26.3 Å². The molecular weight excluding hydrogens is 248 g/mol. The number of para-hydroxylation sites is 1. The lowest BCUT2D eigenvalue weighted by Crippen LogP contribution is -2.23. The summed E-state index contributed by atoms with van der Waals surface area (Å²) in [5.41, 5.74) is 3.41. The van der Waals surface area contributed by atoms with Crippen LogP contribution >= 0.6 is 0 Å². The Kier molecular flexibility index (Phi) is 3.55. The fourth-order valence-electron chi connectivity index (χ4n) is 2.99. The van der Waals surface area contributed by atoms with Gasteiger partial charge in [-0.3, -0.25) is 4.79 Å². The van der Waals surface area contributed by atoms with Gasteiger partial charge in [0, 0.05) is 5.92 Å². The van der Waals surface area contributed by atoms with E-state index in [0.29, 0.717) is 11.3 Å². The molecule has 0 bridgehead atoms. The number of rotatable bonds is 3. The molecule has 1 unspecified atom stereocenters. The summed E-state index contributed by atoms with van der Waals surface area (Å²) in [6, 6.07) is 15.9. The van der Waals surface area contributed by atoms with Crippen molar-refractivity contribution in [1.82, 2.24) is 0 Å². The summed E-state index contributed by atoms with van der Waals surface area (Å²) in [6.07, 6.45) is 2.75. The van der Waals surface area contributed by atoms with Gasteiger partial charge in [-0.25, -0.2) is 0 Å². The number of hydrogen-bond donors (Lipinski definition) is 0. The van der Waals surface area contributed by atoms with Gasteiger partial charge in [-0.05, 0) is 42.5 Å². The average Bonchev–Trinajstić information content (AvgIpc) is 2.53. The van der Waals surface area contributed by atoms with Crippen LogP contribution in [0.4, 0.5) is 0 Å². The van der Waals surface area contributed by atoms with Gasteiger partial charge in [-0.2, -0.15) is 0 Å². The highest BCUT2D eigenvalue weighted by atomic mass is 16.5. The van der Waals surface area contributed by atoms with E-state index >= 15 is 0 Å². The van der Waals surface area contributed by atoms with Gasteiger partial charge in [0.2, 0.25) is 0 Å². The molecule has 0 spiro atoms. The van der Waals surface area contributed by atoms with Crippen molar-refractivity contribution in [2.75, 3.05) is 7.11 Å². The molecule has 0 aromatic heterocycles. The minimum Gasteiger partial charge on any atom is -0.496 e. The third-order valence-corrected chi connectivity index (χ3v) is 4.09. The smallest absolute Gasteiger partial charge is 0.170 e. The normalized spacial score (nSPS) is 17.4. The predicted octanol–water partition coefficient (Wildman–Crippen LogP) is 3.68. The Bertz CT molecular complexity index is 631. The Morgan fingerprint density at radius 3 is 2.55 bits per heavy atom. The fraction of sp³-hybridized carbons (Fsp3) is 0.278. The van der Waals surface area contributed by atoms with Crippen LogP contribution in [-0.4, -0.2) is 12.9 Å². The number of Topliss-reactive ketones (excluding diaryl/α,β-unsaturated/α-hetero) is 1. The minimum absolute atomic E-state index is 0.0706. The molecule has 0 amide bonds. The number of carbonyl (C=O) groups excluding carboxylic acids is 1. The van der Waals surface area contributed by atoms with E-state index in [1.54, 1.807) is 7.11 Å². The van der Waals surface area contributed by atoms with E-state index in [4.69, 9.17) is 4.74 Å². The largest absolute Gasteiger partial charge is 0.496 e. The van der Waals surface area contributed by atoms with Gasteiger partial charge < -0.3 is 4.74 Å². The molecule has 1 aliphatic carbocycles. The highest BCUT2D eigenvalue weighted by Gasteiger charge is 2.26. The zero-order valence-electron chi connectivity index (χ0n) is 11.6. The van der Waals surface area contributed by atoms with Crippen LogP contribution in [-0.2, 0) is 12.8 Å². The van der Waals surface area contributed by atoms with Crippen molar-refractivity contribution >= 4 is 5.78 Å². The Hall–Kier alpha value is -2.09. The molecule has 3 rings (SSSR count). The van der Waals surface area contributed by atoms with E-state index in [1.807, 2.05) is 24.3 Å². The van der Waals surface area contributed by atoms with E-state index < -0.39 is 0 Å². The standard InChI is InChI=1S/C18H18O2/c1-20-17-9-5-4-8-16(17)18(19)15-11-10-13-6-2-3-7-14(13)12-15/h2-9,15H,10-12H2,1H3. The highest BCUT2D eigenvalue weighted by Crippen LogP contribution is 2.30. The third-order valence-electron chi connectivity index (χ3n) is 4.09. The van der Waals surface area contributed by atoms with Crippen LogP contribution in [0, 0.1) is 5.92 Å². The number of ether oxygens (including phenoxy) is 1. The number of hydrogen-bond acceptors (Lipinski definition) is 2. The second-order valence-corrected chi connectivity index (χ2v) is 5.27. The molecule has 0 saturated carbocycles. The first-order chi connectivity index (χ1) is 9.79. The van der Waals surface area contributed by atoms with Crippen LogP contribution in [0.15, 0.2) is 48.5 Å². The van der Waals surface area contributed by atoms with Crippen molar-refractivity contribution in [1.29, 1.82) is 0 Å². The molecular formula is C18H18O2. The first-order valence-electron chi connectivity index (χ1n) is 7.03. The summed E-state index contributed by atoms with van der Waals surface area (Å²) in [5.74, 6) is 0.953. The maximum Gasteiger partial charge on any atom is 0.170 e. The van der Waals surface area contributed by atoms with Crippen molar-refractivity contribution in [3.8, 4) is 5.75 Å². The van der Waals surface area contributed by atoms with Crippen molar-refractivity contribution in [2.45, 2.75) is 19.3 Å². The zero-order chi connectivity index (χ0) is 13.9. The van der Waals surface area contributed by atoms with Crippen LogP contribution in [0.5, 0.6) is 5.75 Å². The second kappa shape index (κ2) is 5.49. The quantitative estimate of drug-likeness (QED) is 0.792. The molecule has 102 valence electrons. The van der Waals surface area contributed by atoms with Crippen molar-refractivity contribution in [3.63, 3.8) is 0 Å². The number of benzene rings is 2. The summed E-state index contributed by atoms with van der Waals surface area (Å²) in [5, 5.41) is 0. The van der Waals surface area contributed by atoms with Gasteiger partial charge >= 0.3 is 0 Å². The lowest BCUT2D eigenvalue weighted by Gasteiger charge is -2.24. The lowest BCUT2D eigenvalue weighted by molar-refractivity contribution is 0.0905. The van der Waals surface area contributed by atoms with E-state index in [-0.39, 0.29) is 11.7 Å². The van der Waals surface area contributed by atoms with Crippen LogP contribution < -0.4 is 4.74 Å². The molecule has 1 atom stereocenters. The van der Waals surface area contributed by atoms with Gasteiger partial charge in [0.05, 0.1) is 12.7 Å². The van der Waals surface area contributed by atoms with Gasteiger partial charge in [0.1, 0.15) is 5.75 Å². The molecule has 0 heterocycles. The lowest BCUT2D eigenvalue weighted by atomic mass is 9.80. The third kappa shape index (κ3) is 2.34. The number of carbonyl (C=O) groups is 1. The van der Waals surface area contributed by atoms with Gasteiger partial charge in [0.25, 0.3) is 0 Å². The van der Waals surface area contributed by atoms with Gasteiger partial charge in [0.15, 0.2) is 5.78 Å². The highest BCUT2D eigenvalue weighted by molar-refractivity contribution is 6.00. The maximum atomic E-state index is 12.7. The number of aryl methyl sites for hydroxylation is 1. The molecule has 2 heteroatoms. The number of methoxy groups -OCH3 is 1. The Morgan fingerprint density at radius 1 is 1.05 bits per heavy atom. The fourth-order valence-corrected chi connectivity index (χ4v) is 2.99. The SMILES string of the molecule is COc1ccccc1C(=O)C1CCc2ccccc2C1. The predicted molar refractivity (Wildman–Crippen MR) is 79.3 cm³/mol. The van der Waals surface area contributed by atoms with Crippen molar-refractivity contribution in [2.24, 2.45) is 5.92 Å². The summed E-state index contributed by atoms with van der Waals surface area (Å²) in [4.78, 5) is 12.7. The monoisotopic (exact) mass is 266 g/mol. The molecule has 2 aromatic carbocycles. The molecule has 2 aromatic rings. The van der Waals surface area contributed by atoms with Crippen LogP contribution in [0.1, 0.15) is 27.9 Å². The first-order valence-corrected chi connectivity index (χ1v) is 7.03. The Balaban J connectivity index is 1.86. The molecule has 0 fully saturated rings. The Morgan fingerprint density at radius 2 is 1.75 bits per heavy atom. The molecule has 0 aliphatic heterocycles. The van der Waals surface area contributed by atoms with Crippen molar-refractivity contribution < 1.29 is 9.53 Å². The second-order valence-electron chi connectivity index (χ2n) is 5.27. The summed E-state index contributed by atoms with van der Waals surface area (Å²) in [7, 11) is 1.61. The van der Waals surface area contributed by atoms with E-state index in [9.17, 15) is 4.79 Å². The van der Waals surface area contributed by atoms with Crippen LogP contribution in [0.2, 0.25) is 0 Å². The summed E-state index contributed by atoms with van der Waals surface area (Å²) >= 11 is 0. The van der Waals surface area contributed by atoms with Crippen LogP contribution in [0.3, 0.4) is 0 Å². The molecule has 20 heavy (non-hydrogen) atoms. The summed E-state index contributed by atoms with van der Waals surface area (Å²) < 4.78 is 5.31. The molecule has 0 saturated heterocycles. The Labute approximate surface area is 119 Å². The molecule has 2 nitrogen and oxygen atoms in total. The summed E-state index contributed by atoms with van der Waals surface area (Å²) in [6.45, 7) is 0.